The number of hydrogen-bond acceptors (Lipinski definition) is 3. The van der Waals surface area contributed by atoms with Crippen molar-refractivity contribution in [3.63, 3.8) is 0 Å². The van der Waals surface area contributed by atoms with E-state index in [0.29, 0.717) is 25.9 Å². The number of aliphatic carboxylic acids is 1. The maximum Gasteiger partial charge on any atom is 0.326 e. The molecular weight excluding hydrogens is 244 g/mol. The van der Waals surface area contributed by atoms with Crippen LogP contribution in [0, 0.1) is 0 Å². The van der Waals surface area contributed by atoms with Crippen LogP contribution < -0.4 is 0 Å². The van der Waals surface area contributed by atoms with Gasteiger partial charge in [0.1, 0.15) is 6.04 Å². The fourth-order valence-electron chi connectivity index (χ4n) is 2.66. The number of hydrogen-bond donors (Lipinski definition) is 1. The molecule has 0 aliphatic carbocycles. The van der Waals surface area contributed by atoms with Gasteiger partial charge in [0.25, 0.3) is 0 Å². The maximum absolute atomic E-state index is 12.1. The van der Waals surface area contributed by atoms with Crippen LogP contribution in [0.25, 0.3) is 0 Å². The molecule has 0 saturated carbocycles. The zero-order valence-corrected chi connectivity index (χ0v) is 12.5. The Hall–Kier alpha value is -1.10. The van der Waals surface area contributed by atoms with E-state index >= 15 is 0 Å². The van der Waals surface area contributed by atoms with E-state index in [1.165, 1.54) is 4.90 Å². The second-order valence-corrected chi connectivity index (χ2v) is 6.08. The Morgan fingerprint density at radius 1 is 1.37 bits per heavy atom. The second kappa shape index (κ2) is 6.37. The minimum absolute atomic E-state index is 0.0340. The van der Waals surface area contributed by atoms with Crippen LogP contribution in [0.15, 0.2) is 0 Å². The summed E-state index contributed by atoms with van der Waals surface area (Å²) in [5.41, 5.74) is 0.0340. The first-order valence-electron chi connectivity index (χ1n) is 7.04. The lowest BCUT2D eigenvalue weighted by molar-refractivity contribution is -0.148. The lowest BCUT2D eigenvalue weighted by atomic mass is 10.1. The quantitative estimate of drug-likeness (QED) is 0.824. The molecule has 19 heavy (non-hydrogen) atoms. The van der Waals surface area contributed by atoms with Crippen LogP contribution >= 0.6 is 0 Å². The van der Waals surface area contributed by atoms with E-state index in [2.05, 4.69) is 32.6 Å². The Labute approximate surface area is 115 Å². The normalized spacial score (nSPS) is 20.1. The summed E-state index contributed by atoms with van der Waals surface area (Å²) in [6.07, 6.45) is 1.77. The van der Waals surface area contributed by atoms with Gasteiger partial charge in [-0.3, -0.25) is 9.69 Å². The zero-order chi connectivity index (χ0) is 14.6. The highest BCUT2D eigenvalue weighted by atomic mass is 16.4. The van der Waals surface area contributed by atoms with E-state index in [1.54, 1.807) is 0 Å². The molecule has 1 aliphatic rings. The topological polar surface area (TPSA) is 60.9 Å². The van der Waals surface area contributed by atoms with Crippen LogP contribution in [-0.4, -0.2) is 58.0 Å². The highest BCUT2D eigenvalue weighted by Gasteiger charge is 2.34. The third-order valence-electron chi connectivity index (χ3n) is 3.78. The average molecular weight is 270 g/mol. The summed E-state index contributed by atoms with van der Waals surface area (Å²) in [6.45, 7) is 10.6. The summed E-state index contributed by atoms with van der Waals surface area (Å²) in [5, 5.41) is 9.08. The SMILES string of the molecule is CCN(CCC(=O)N1CCCC1C(=O)O)C(C)(C)C. The van der Waals surface area contributed by atoms with E-state index in [4.69, 9.17) is 5.11 Å². The smallest absolute Gasteiger partial charge is 0.326 e. The lowest BCUT2D eigenvalue weighted by Crippen LogP contribution is -2.45. The summed E-state index contributed by atoms with van der Waals surface area (Å²) in [5.74, 6) is -0.915. The predicted molar refractivity (Wildman–Crippen MR) is 74.0 cm³/mol. The number of amides is 1. The maximum atomic E-state index is 12.1. The van der Waals surface area contributed by atoms with Gasteiger partial charge in [-0.2, -0.15) is 0 Å². The van der Waals surface area contributed by atoms with Crippen LogP contribution in [0.3, 0.4) is 0 Å². The molecule has 0 radical (unpaired) electrons. The minimum Gasteiger partial charge on any atom is -0.480 e. The molecule has 1 atom stereocenters. The van der Waals surface area contributed by atoms with Gasteiger partial charge in [0.2, 0.25) is 5.91 Å². The predicted octanol–water partition coefficient (Wildman–Crippen LogP) is 1.57. The van der Waals surface area contributed by atoms with Crippen molar-refractivity contribution in [2.24, 2.45) is 0 Å². The van der Waals surface area contributed by atoms with Gasteiger partial charge in [-0.1, -0.05) is 6.92 Å². The molecule has 1 unspecified atom stereocenters. The first-order chi connectivity index (χ1) is 8.77. The standard InChI is InChI=1S/C14H26N2O3/c1-5-15(14(2,3)4)10-8-12(17)16-9-6-7-11(16)13(18)19/h11H,5-10H2,1-4H3,(H,18,19). The number of carboxylic acids is 1. The van der Waals surface area contributed by atoms with Crippen LogP contribution in [0.1, 0.15) is 47.0 Å². The van der Waals surface area contributed by atoms with Gasteiger partial charge in [0, 0.05) is 25.0 Å². The minimum atomic E-state index is -0.881. The Bertz CT molecular complexity index is 336. The molecule has 0 aromatic carbocycles. The molecule has 1 rings (SSSR count). The molecule has 5 nitrogen and oxygen atoms in total. The Kier molecular flexibility index (Phi) is 5.35. The summed E-state index contributed by atoms with van der Waals surface area (Å²) >= 11 is 0. The van der Waals surface area contributed by atoms with Gasteiger partial charge in [-0.05, 0) is 40.2 Å². The van der Waals surface area contributed by atoms with Crippen molar-refractivity contribution in [2.75, 3.05) is 19.6 Å². The molecule has 5 heteroatoms. The molecule has 1 N–H and O–H groups in total. The number of nitrogens with zero attached hydrogens (tertiary/aromatic N) is 2. The number of likely N-dealkylation sites (tertiary alicyclic amines) is 1. The largest absolute Gasteiger partial charge is 0.480 e. The van der Waals surface area contributed by atoms with E-state index < -0.39 is 12.0 Å². The summed E-state index contributed by atoms with van der Waals surface area (Å²) in [6, 6.07) is -0.614. The first-order valence-corrected chi connectivity index (χ1v) is 7.04. The van der Waals surface area contributed by atoms with Crippen LogP contribution in [0.2, 0.25) is 0 Å². The second-order valence-electron chi connectivity index (χ2n) is 6.08. The van der Waals surface area contributed by atoms with Crippen molar-refractivity contribution >= 4 is 11.9 Å². The third kappa shape index (κ3) is 4.20. The molecule has 0 aromatic rings. The average Bonchev–Trinajstić information content (AvgIpc) is 2.76. The van der Waals surface area contributed by atoms with Crippen molar-refractivity contribution in [1.29, 1.82) is 0 Å². The van der Waals surface area contributed by atoms with Crippen molar-refractivity contribution in [1.82, 2.24) is 9.80 Å². The fourth-order valence-corrected chi connectivity index (χ4v) is 2.66. The highest BCUT2D eigenvalue weighted by molar-refractivity contribution is 5.84. The number of carboxylic acid groups (broad SMARTS) is 1. The molecule has 0 aromatic heterocycles. The molecule has 1 amide bonds. The summed E-state index contributed by atoms with van der Waals surface area (Å²) in [4.78, 5) is 27.0. The molecule has 0 bridgehead atoms. The van der Waals surface area contributed by atoms with Crippen LogP contribution in [-0.2, 0) is 9.59 Å². The Balaban J connectivity index is 2.53. The van der Waals surface area contributed by atoms with Crippen LogP contribution in [0.5, 0.6) is 0 Å². The van der Waals surface area contributed by atoms with Gasteiger partial charge in [-0.25, -0.2) is 4.79 Å². The summed E-state index contributed by atoms with van der Waals surface area (Å²) in [7, 11) is 0. The molecular formula is C14H26N2O3. The molecule has 1 saturated heterocycles. The molecule has 110 valence electrons. The molecule has 1 heterocycles. The van der Waals surface area contributed by atoms with Gasteiger partial charge in [0.15, 0.2) is 0 Å². The Morgan fingerprint density at radius 3 is 2.47 bits per heavy atom. The summed E-state index contributed by atoms with van der Waals surface area (Å²) < 4.78 is 0. The van der Waals surface area contributed by atoms with E-state index in [1.807, 2.05) is 0 Å². The molecule has 0 spiro atoms. The van der Waals surface area contributed by atoms with Gasteiger partial charge < -0.3 is 10.0 Å². The monoisotopic (exact) mass is 270 g/mol. The fraction of sp³-hybridized carbons (Fsp3) is 0.857. The number of carbonyl (C=O) groups excluding carboxylic acids is 1. The highest BCUT2D eigenvalue weighted by Crippen LogP contribution is 2.19. The van der Waals surface area contributed by atoms with Gasteiger partial charge >= 0.3 is 5.97 Å². The van der Waals surface area contributed by atoms with E-state index in [9.17, 15) is 9.59 Å². The zero-order valence-electron chi connectivity index (χ0n) is 12.5. The third-order valence-corrected chi connectivity index (χ3v) is 3.78. The van der Waals surface area contributed by atoms with Crippen molar-refractivity contribution in [2.45, 2.75) is 58.5 Å². The Morgan fingerprint density at radius 2 is 2.00 bits per heavy atom. The molecule has 1 fully saturated rings. The lowest BCUT2D eigenvalue weighted by Gasteiger charge is -2.35. The van der Waals surface area contributed by atoms with E-state index in [-0.39, 0.29) is 11.4 Å². The van der Waals surface area contributed by atoms with E-state index in [0.717, 1.165) is 13.0 Å². The van der Waals surface area contributed by atoms with Gasteiger partial charge in [0.05, 0.1) is 0 Å². The van der Waals surface area contributed by atoms with Crippen molar-refractivity contribution in [3.8, 4) is 0 Å². The number of carbonyl (C=O) groups is 2. The molecule has 1 aliphatic heterocycles. The van der Waals surface area contributed by atoms with Crippen molar-refractivity contribution < 1.29 is 14.7 Å². The first kappa shape index (κ1) is 16.0. The van der Waals surface area contributed by atoms with Crippen molar-refractivity contribution in [3.05, 3.63) is 0 Å². The van der Waals surface area contributed by atoms with Gasteiger partial charge in [-0.15, -0.1) is 0 Å². The van der Waals surface area contributed by atoms with Crippen LogP contribution in [0.4, 0.5) is 0 Å². The number of rotatable bonds is 5.